The fourth-order valence-corrected chi connectivity index (χ4v) is 2.40. The van der Waals surface area contributed by atoms with Crippen LogP contribution in [0.5, 0.6) is 5.88 Å². The molecule has 1 aromatic carbocycles. The van der Waals surface area contributed by atoms with Gasteiger partial charge in [0.1, 0.15) is 0 Å². The highest BCUT2D eigenvalue weighted by atomic mass is 35.5. The number of carbonyl (C=O) groups is 1. The molecule has 0 saturated heterocycles. The van der Waals surface area contributed by atoms with Crippen molar-refractivity contribution in [1.82, 2.24) is 9.55 Å². The number of amides is 1. The van der Waals surface area contributed by atoms with E-state index >= 15 is 0 Å². The van der Waals surface area contributed by atoms with Crippen LogP contribution in [-0.4, -0.2) is 26.3 Å². The van der Waals surface area contributed by atoms with E-state index in [1.165, 1.54) is 11.6 Å². The molecule has 0 atom stereocenters. The van der Waals surface area contributed by atoms with E-state index in [0.29, 0.717) is 10.7 Å². The van der Waals surface area contributed by atoms with Crippen LogP contribution in [0.25, 0.3) is 0 Å². The lowest BCUT2D eigenvalue weighted by Crippen LogP contribution is -2.20. The first-order chi connectivity index (χ1) is 9.95. The molecule has 6 nitrogen and oxygen atoms in total. The summed E-state index contributed by atoms with van der Waals surface area (Å²) in [5, 5.41) is 12.8. The van der Waals surface area contributed by atoms with Gasteiger partial charge in [0.25, 0.3) is 5.56 Å². The summed E-state index contributed by atoms with van der Waals surface area (Å²) in [4.78, 5) is 27.1. The van der Waals surface area contributed by atoms with Crippen molar-refractivity contribution in [2.24, 2.45) is 7.05 Å². The van der Waals surface area contributed by atoms with Gasteiger partial charge in [0.2, 0.25) is 11.8 Å². The molecule has 0 aliphatic heterocycles. The summed E-state index contributed by atoms with van der Waals surface area (Å²) in [6, 6.07) is 7.73. The van der Waals surface area contributed by atoms with E-state index in [4.69, 9.17) is 11.6 Å². The molecular formula is C13H12ClN3O3S. The largest absolute Gasteiger partial charge is 0.493 e. The van der Waals surface area contributed by atoms with Crippen LogP contribution in [0.1, 0.15) is 0 Å². The third-order valence-electron chi connectivity index (χ3n) is 2.54. The van der Waals surface area contributed by atoms with E-state index in [0.717, 1.165) is 17.8 Å². The zero-order valence-corrected chi connectivity index (χ0v) is 12.6. The Morgan fingerprint density at radius 3 is 2.76 bits per heavy atom. The van der Waals surface area contributed by atoms with E-state index < -0.39 is 0 Å². The minimum atomic E-state index is -0.386. The molecule has 8 heteroatoms. The predicted molar refractivity (Wildman–Crippen MR) is 81.9 cm³/mol. The Kier molecular flexibility index (Phi) is 4.87. The van der Waals surface area contributed by atoms with Crippen molar-refractivity contribution in [3.8, 4) is 5.88 Å². The second kappa shape index (κ2) is 6.64. The number of benzene rings is 1. The second-order valence-electron chi connectivity index (χ2n) is 4.14. The molecule has 1 amide bonds. The monoisotopic (exact) mass is 325 g/mol. The molecule has 0 aliphatic carbocycles. The lowest BCUT2D eigenvalue weighted by Gasteiger charge is -2.07. The van der Waals surface area contributed by atoms with Gasteiger partial charge in [-0.3, -0.25) is 14.2 Å². The van der Waals surface area contributed by atoms with E-state index in [2.05, 4.69) is 10.3 Å². The van der Waals surface area contributed by atoms with Gasteiger partial charge in [-0.05, 0) is 24.3 Å². The topological polar surface area (TPSA) is 84.2 Å². The maximum Gasteiger partial charge on any atom is 0.257 e. The highest BCUT2D eigenvalue weighted by Gasteiger charge is 2.09. The van der Waals surface area contributed by atoms with Crippen LogP contribution >= 0.6 is 23.4 Å². The van der Waals surface area contributed by atoms with Gasteiger partial charge in [-0.15, -0.1) is 0 Å². The zero-order chi connectivity index (χ0) is 15.4. The van der Waals surface area contributed by atoms with Crippen LogP contribution < -0.4 is 10.9 Å². The van der Waals surface area contributed by atoms with Gasteiger partial charge < -0.3 is 10.4 Å². The van der Waals surface area contributed by atoms with E-state index in [1.54, 1.807) is 24.3 Å². The summed E-state index contributed by atoms with van der Waals surface area (Å²) < 4.78 is 1.26. The Bertz CT molecular complexity index is 716. The molecule has 0 saturated carbocycles. The average molecular weight is 326 g/mol. The maximum absolute atomic E-state index is 11.8. The number of aromatic nitrogens is 2. The molecule has 1 aromatic heterocycles. The Morgan fingerprint density at radius 2 is 2.10 bits per heavy atom. The molecule has 0 aliphatic rings. The van der Waals surface area contributed by atoms with Gasteiger partial charge in [0.15, 0.2) is 5.16 Å². The van der Waals surface area contributed by atoms with Crippen molar-refractivity contribution < 1.29 is 9.90 Å². The Labute approximate surface area is 129 Å². The zero-order valence-electron chi connectivity index (χ0n) is 11.0. The first kappa shape index (κ1) is 15.4. The van der Waals surface area contributed by atoms with Crippen molar-refractivity contribution in [3.63, 3.8) is 0 Å². The molecule has 1 heterocycles. The number of thioether (sulfide) groups is 1. The smallest absolute Gasteiger partial charge is 0.257 e. The quantitative estimate of drug-likeness (QED) is 0.662. The molecule has 2 N–H and O–H groups in total. The molecule has 0 spiro atoms. The number of rotatable bonds is 4. The Hall–Kier alpha value is -1.99. The van der Waals surface area contributed by atoms with Crippen molar-refractivity contribution in [2.75, 3.05) is 11.1 Å². The first-order valence-corrected chi connectivity index (χ1v) is 7.27. The summed E-state index contributed by atoms with van der Waals surface area (Å²) in [6.45, 7) is 0. The van der Waals surface area contributed by atoms with E-state index in [1.807, 2.05) is 0 Å². The summed E-state index contributed by atoms with van der Waals surface area (Å²) in [7, 11) is 1.52. The third-order valence-corrected chi connectivity index (χ3v) is 3.82. The van der Waals surface area contributed by atoms with Gasteiger partial charge in [-0.1, -0.05) is 23.4 Å². The number of hydrogen-bond acceptors (Lipinski definition) is 5. The second-order valence-corrected chi connectivity index (χ2v) is 5.52. The number of anilines is 1. The SMILES string of the molecule is Cn1c(SCC(=O)Nc2ccc(Cl)cc2)nc(O)cc1=O. The molecular weight excluding hydrogens is 314 g/mol. The number of carbonyl (C=O) groups excluding carboxylic acids is 1. The number of aromatic hydroxyl groups is 1. The summed E-state index contributed by atoms with van der Waals surface area (Å²) in [5.41, 5.74) is 0.242. The number of nitrogens with one attached hydrogen (secondary N) is 1. The highest BCUT2D eigenvalue weighted by molar-refractivity contribution is 7.99. The van der Waals surface area contributed by atoms with Crippen molar-refractivity contribution >= 4 is 35.0 Å². The van der Waals surface area contributed by atoms with Gasteiger partial charge in [0, 0.05) is 17.8 Å². The predicted octanol–water partition coefficient (Wildman–Crippen LogP) is 1.87. The molecule has 0 bridgehead atoms. The number of nitrogens with zero attached hydrogens (tertiary/aromatic N) is 2. The van der Waals surface area contributed by atoms with Crippen LogP contribution in [0.4, 0.5) is 5.69 Å². The lowest BCUT2D eigenvalue weighted by molar-refractivity contribution is -0.113. The lowest BCUT2D eigenvalue weighted by atomic mass is 10.3. The fourth-order valence-electron chi connectivity index (χ4n) is 1.50. The van der Waals surface area contributed by atoms with Gasteiger partial charge in [-0.2, -0.15) is 4.98 Å². The minimum Gasteiger partial charge on any atom is -0.493 e. The van der Waals surface area contributed by atoms with E-state index in [-0.39, 0.29) is 28.3 Å². The van der Waals surface area contributed by atoms with Crippen LogP contribution in [-0.2, 0) is 11.8 Å². The average Bonchev–Trinajstić information content (AvgIpc) is 2.44. The number of hydrogen-bond donors (Lipinski definition) is 2. The first-order valence-electron chi connectivity index (χ1n) is 5.91. The van der Waals surface area contributed by atoms with Crippen LogP contribution in [0, 0.1) is 0 Å². The van der Waals surface area contributed by atoms with Crippen molar-refractivity contribution in [3.05, 3.63) is 45.7 Å². The van der Waals surface area contributed by atoms with E-state index in [9.17, 15) is 14.7 Å². The molecule has 2 rings (SSSR count). The van der Waals surface area contributed by atoms with Crippen molar-refractivity contribution in [1.29, 1.82) is 0 Å². The van der Waals surface area contributed by atoms with Crippen LogP contribution in [0.2, 0.25) is 5.02 Å². The number of halogens is 1. The third kappa shape index (κ3) is 4.24. The van der Waals surface area contributed by atoms with Gasteiger partial charge in [0.05, 0.1) is 11.8 Å². The standard InChI is InChI=1S/C13H12ClN3O3S/c1-17-12(20)6-10(18)16-13(17)21-7-11(19)15-9-4-2-8(14)3-5-9/h2-6,18H,7H2,1H3,(H,15,19). The normalized spacial score (nSPS) is 10.4. The molecule has 0 unspecified atom stereocenters. The van der Waals surface area contributed by atoms with Crippen LogP contribution in [0.15, 0.2) is 40.3 Å². The van der Waals surface area contributed by atoms with Gasteiger partial charge in [-0.25, -0.2) is 0 Å². The van der Waals surface area contributed by atoms with Gasteiger partial charge >= 0.3 is 0 Å². The molecule has 0 radical (unpaired) electrons. The summed E-state index contributed by atoms with van der Waals surface area (Å²) in [5.74, 6) is -0.551. The molecule has 110 valence electrons. The molecule has 2 aromatic rings. The summed E-state index contributed by atoms with van der Waals surface area (Å²) >= 11 is 6.81. The Balaban J connectivity index is 1.98. The molecule has 0 fully saturated rings. The maximum atomic E-state index is 11.8. The van der Waals surface area contributed by atoms with Crippen LogP contribution in [0.3, 0.4) is 0 Å². The highest BCUT2D eigenvalue weighted by Crippen LogP contribution is 2.17. The Morgan fingerprint density at radius 1 is 1.43 bits per heavy atom. The van der Waals surface area contributed by atoms with Crippen molar-refractivity contribution in [2.45, 2.75) is 5.16 Å². The minimum absolute atomic E-state index is 0.0619. The molecule has 21 heavy (non-hydrogen) atoms. The fraction of sp³-hybridized carbons (Fsp3) is 0.154. The summed E-state index contributed by atoms with van der Waals surface area (Å²) in [6.07, 6.45) is 0.